The van der Waals surface area contributed by atoms with Crippen LogP contribution in [0.15, 0.2) is 24.1 Å². The highest BCUT2D eigenvalue weighted by molar-refractivity contribution is 5.91. The van der Waals surface area contributed by atoms with Crippen LogP contribution in [0.1, 0.15) is 70.1 Å². The monoisotopic (exact) mass is 427 g/mol. The molecule has 3 aliphatic rings. The fourth-order valence-corrected chi connectivity index (χ4v) is 4.05. The minimum absolute atomic E-state index is 0.0155. The molecule has 8 heteroatoms. The molecule has 2 aliphatic carbocycles. The maximum absolute atomic E-state index is 13.4. The number of aromatic nitrogens is 2. The number of hydrogen-bond acceptors (Lipinski definition) is 2. The number of carbonyl (C=O) groups excluding carboxylic acids is 1. The van der Waals surface area contributed by atoms with E-state index in [2.05, 4.69) is 10.4 Å². The second kappa shape index (κ2) is 8.55. The predicted octanol–water partition coefficient (Wildman–Crippen LogP) is 6.06. The second-order valence-corrected chi connectivity index (χ2v) is 8.49. The van der Waals surface area contributed by atoms with E-state index >= 15 is 0 Å². The van der Waals surface area contributed by atoms with Crippen LogP contribution in [0.4, 0.5) is 23.4 Å². The van der Waals surface area contributed by atoms with Crippen molar-refractivity contribution in [1.82, 2.24) is 9.78 Å². The summed E-state index contributed by atoms with van der Waals surface area (Å²) in [5.74, 6) is -1.95. The van der Waals surface area contributed by atoms with Gasteiger partial charge in [-0.1, -0.05) is 26.8 Å². The van der Waals surface area contributed by atoms with Gasteiger partial charge in [0, 0.05) is 36.6 Å². The van der Waals surface area contributed by atoms with E-state index in [9.17, 15) is 22.4 Å². The average molecular weight is 427 g/mol. The molecule has 0 spiro atoms. The van der Waals surface area contributed by atoms with Gasteiger partial charge in [0.2, 0.25) is 5.91 Å². The van der Waals surface area contributed by atoms with Crippen LogP contribution in [0.25, 0.3) is 0 Å². The third-order valence-corrected chi connectivity index (χ3v) is 6.06. The number of halogens is 4. The smallest absolute Gasteiger partial charge is 0.309 e. The highest BCUT2D eigenvalue weighted by Gasteiger charge is 2.44. The summed E-state index contributed by atoms with van der Waals surface area (Å²) in [7, 11) is 0. The number of rotatable bonds is 4. The molecule has 0 saturated heterocycles. The molecule has 2 heterocycles. The first-order valence-electron chi connectivity index (χ1n) is 10.6. The summed E-state index contributed by atoms with van der Waals surface area (Å²) in [4.78, 5) is 12.5. The molecular weight excluding hydrogens is 398 g/mol. The minimum Gasteiger partial charge on any atom is -0.309 e. The van der Waals surface area contributed by atoms with Crippen LogP contribution in [-0.2, 0) is 17.8 Å². The second-order valence-electron chi connectivity index (χ2n) is 8.49. The maximum Gasteiger partial charge on any atom is 0.392 e. The Morgan fingerprint density at radius 3 is 2.60 bits per heavy atom. The van der Waals surface area contributed by atoms with Gasteiger partial charge in [-0.3, -0.25) is 9.48 Å². The van der Waals surface area contributed by atoms with E-state index in [-0.39, 0.29) is 42.5 Å². The molecule has 2 unspecified atom stereocenters. The Hall–Kier alpha value is -2.12. The maximum atomic E-state index is 13.4. The first-order valence-corrected chi connectivity index (χ1v) is 10.6. The summed E-state index contributed by atoms with van der Waals surface area (Å²) >= 11 is 0. The average Bonchev–Trinajstić information content (AvgIpc) is 3.30. The minimum atomic E-state index is -4.27. The number of aryl methyl sites for hydroxylation is 1. The van der Waals surface area contributed by atoms with Crippen molar-refractivity contribution in [3.63, 3.8) is 0 Å². The first kappa shape index (κ1) is 22.6. The Bertz CT molecular complexity index is 849. The summed E-state index contributed by atoms with van der Waals surface area (Å²) in [6.45, 7) is 6.19. The van der Waals surface area contributed by atoms with Crippen LogP contribution in [0.2, 0.25) is 0 Å². The molecule has 1 N–H and O–H groups in total. The number of amides is 1. The number of hydrogen-bond donors (Lipinski definition) is 1. The van der Waals surface area contributed by atoms with Crippen LogP contribution in [-0.4, -0.2) is 21.9 Å². The molecule has 0 radical (unpaired) electrons. The Balaban J connectivity index is 0.00000124. The number of allylic oxidation sites excluding steroid dienone is 4. The number of nitrogens with one attached hydrogen (secondary N) is 1. The van der Waals surface area contributed by atoms with E-state index in [0.29, 0.717) is 29.9 Å². The largest absolute Gasteiger partial charge is 0.392 e. The number of anilines is 1. The normalized spacial score (nSPS) is 24.3. The van der Waals surface area contributed by atoms with Gasteiger partial charge in [0.15, 0.2) is 5.82 Å². The highest BCUT2D eigenvalue weighted by atomic mass is 19.4. The zero-order valence-corrected chi connectivity index (χ0v) is 17.7. The van der Waals surface area contributed by atoms with E-state index in [4.69, 9.17) is 0 Å². The molecule has 30 heavy (non-hydrogen) atoms. The van der Waals surface area contributed by atoms with Crippen molar-refractivity contribution in [2.75, 3.05) is 5.32 Å². The van der Waals surface area contributed by atoms with Gasteiger partial charge >= 0.3 is 6.18 Å². The number of fused-ring (bicyclic) bond motifs is 1. The summed E-state index contributed by atoms with van der Waals surface area (Å²) in [6.07, 6.45) is 2.59. The fourth-order valence-electron chi connectivity index (χ4n) is 4.05. The zero-order chi connectivity index (χ0) is 22.1. The lowest BCUT2D eigenvalue weighted by Crippen LogP contribution is -2.31. The standard InChI is InChI=1S/C20H23F4N3O.C2H6/c1-19(7-8-19)11-16(28)25-18-17(12-2-4-14(21)5-3-12)15-10-13(20(22,23)24)6-9-27(15)26-18;1-2/h2,4-5,12-13H,3,6-11H2,1H3,(H,25,26,28);1-2H3. The van der Waals surface area contributed by atoms with Crippen LogP contribution < -0.4 is 5.32 Å². The van der Waals surface area contributed by atoms with Crippen molar-refractivity contribution in [3.8, 4) is 0 Å². The van der Waals surface area contributed by atoms with Crippen LogP contribution in [0.3, 0.4) is 0 Å². The van der Waals surface area contributed by atoms with Gasteiger partial charge in [0.05, 0.1) is 5.92 Å². The highest BCUT2D eigenvalue weighted by Crippen LogP contribution is 2.48. The lowest BCUT2D eigenvalue weighted by atomic mass is 9.86. The molecule has 4 nitrogen and oxygen atoms in total. The van der Waals surface area contributed by atoms with Crippen molar-refractivity contribution >= 4 is 11.7 Å². The Kier molecular flexibility index (Phi) is 6.43. The van der Waals surface area contributed by atoms with Gasteiger partial charge in [-0.15, -0.1) is 0 Å². The third-order valence-electron chi connectivity index (χ3n) is 6.06. The van der Waals surface area contributed by atoms with Crippen molar-refractivity contribution in [1.29, 1.82) is 0 Å². The van der Waals surface area contributed by atoms with Gasteiger partial charge < -0.3 is 5.32 Å². The van der Waals surface area contributed by atoms with Gasteiger partial charge in [-0.2, -0.15) is 18.3 Å². The molecule has 2 atom stereocenters. The number of alkyl halides is 3. The summed E-state index contributed by atoms with van der Waals surface area (Å²) in [5.41, 5.74) is 1.09. The van der Waals surface area contributed by atoms with Crippen molar-refractivity contribution in [2.45, 2.75) is 77.9 Å². The van der Waals surface area contributed by atoms with Crippen LogP contribution in [0.5, 0.6) is 0 Å². The van der Waals surface area contributed by atoms with E-state index < -0.39 is 12.1 Å². The molecule has 1 aliphatic heterocycles. The molecule has 1 saturated carbocycles. The molecule has 0 aromatic carbocycles. The molecule has 1 fully saturated rings. The third kappa shape index (κ3) is 4.95. The molecule has 1 aromatic heterocycles. The Morgan fingerprint density at radius 2 is 2.03 bits per heavy atom. The molecule has 1 amide bonds. The topological polar surface area (TPSA) is 46.9 Å². The van der Waals surface area contributed by atoms with E-state index in [1.807, 2.05) is 20.8 Å². The number of nitrogens with zero attached hydrogens (tertiary/aromatic N) is 2. The van der Waals surface area contributed by atoms with Crippen molar-refractivity contribution in [3.05, 3.63) is 35.3 Å². The van der Waals surface area contributed by atoms with Crippen molar-refractivity contribution < 1.29 is 22.4 Å². The van der Waals surface area contributed by atoms with Crippen LogP contribution >= 0.6 is 0 Å². The van der Waals surface area contributed by atoms with E-state index in [1.165, 1.54) is 12.2 Å². The van der Waals surface area contributed by atoms with Gasteiger partial charge in [0.1, 0.15) is 5.83 Å². The molecular formula is C22H29F4N3O. The van der Waals surface area contributed by atoms with E-state index in [0.717, 1.165) is 12.8 Å². The zero-order valence-electron chi connectivity index (χ0n) is 17.7. The molecule has 4 rings (SSSR count). The summed E-state index contributed by atoms with van der Waals surface area (Å²) in [5, 5.41) is 7.25. The molecule has 1 aromatic rings. The lowest BCUT2D eigenvalue weighted by molar-refractivity contribution is -0.179. The van der Waals surface area contributed by atoms with Crippen molar-refractivity contribution in [2.24, 2.45) is 11.3 Å². The Morgan fingerprint density at radius 1 is 1.33 bits per heavy atom. The number of carbonyl (C=O) groups is 1. The Labute approximate surface area is 174 Å². The van der Waals surface area contributed by atoms with Gasteiger partial charge in [-0.25, -0.2) is 4.39 Å². The first-order chi connectivity index (χ1) is 14.1. The van der Waals surface area contributed by atoms with Gasteiger partial charge in [0.25, 0.3) is 0 Å². The van der Waals surface area contributed by atoms with Gasteiger partial charge in [-0.05, 0) is 43.3 Å². The molecule has 0 bridgehead atoms. The summed E-state index contributed by atoms with van der Waals surface area (Å²) < 4.78 is 54.9. The van der Waals surface area contributed by atoms with Crippen LogP contribution in [0, 0.1) is 11.3 Å². The van der Waals surface area contributed by atoms with E-state index in [1.54, 1.807) is 10.8 Å². The fraction of sp³-hybridized carbons (Fsp3) is 0.636. The SMILES string of the molecule is CC.CC1(CC(=O)Nc2nn3c(c2C2C=CC(F)=CC2)CC(C(F)(F)F)CC3)CC1. The molecule has 166 valence electrons. The predicted molar refractivity (Wildman–Crippen MR) is 108 cm³/mol. The quantitative estimate of drug-likeness (QED) is 0.594. The summed E-state index contributed by atoms with van der Waals surface area (Å²) in [6, 6.07) is 0. The lowest BCUT2D eigenvalue weighted by Gasteiger charge is -2.27.